The Morgan fingerprint density at radius 2 is 0.824 bits per heavy atom. The zero-order chi connectivity index (χ0) is 12.6. The quantitative estimate of drug-likeness (QED) is 0.250. The van der Waals surface area contributed by atoms with Crippen molar-refractivity contribution in [1.82, 2.24) is 0 Å². The molecule has 0 aliphatic carbocycles. The second-order valence-electron chi connectivity index (χ2n) is 5.29. The Kier molecular flexibility index (Phi) is 16.8. The molecule has 0 nitrogen and oxygen atoms in total. The van der Waals surface area contributed by atoms with E-state index in [1.54, 1.807) is 0 Å². The Morgan fingerprint density at radius 1 is 0.471 bits per heavy atom. The second-order valence-corrected chi connectivity index (χ2v) is 6.79. The van der Waals surface area contributed by atoms with Crippen LogP contribution in [0.15, 0.2) is 0 Å². The average molecular weight is 258 g/mol. The van der Waals surface area contributed by atoms with Gasteiger partial charge in [-0.2, -0.15) is 0 Å². The minimum absolute atomic E-state index is 1.26. The van der Waals surface area contributed by atoms with Gasteiger partial charge in [0.15, 0.2) is 0 Å². The fraction of sp³-hybridized carbons (Fsp3) is 1.00. The van der Waals surface area contributed by atoms with Crippen LogP contribution in [0.25, 0.3) is 0 Å². The molecule has 0 aliphatic rings. The molecular formula is C16H35P. The van der Waals surface area contributed by atoms with Gasteiger partial charge in [0, 0.05) is 0 Å². The van der Waals surface area contributed by atoms with Gasteiger partial charge in [-0.25, -0.2) is 0 Å². The molecule has 0 N–H and O–H groups in total. The third kappa shape index (κ3) is 16.4. The molecule has 0 aromatic carbocycles. The second kappa shape index (κ2) is 16.4. The van der Waals surface area contributed by atoms with Gasteiger partial charge in [-0.15, -0.1) is 8.58 Å². The normalized spacial score (nSPS) is 11.6. The van der Waals surface area contributed by atoms with Crippen molar-refractivity contribution in [3.8, 4) is 0 Å². The summed E-state index contributed by atoms with van der Waals surface area (Å²) in [6, 6.07) is 0. The fourth-order valence-corrected chi connectivity index (χ4v) is 3.44. The van der Waals surface area contributed by atoms with Gasteiger partial charge in [0.25, 0.3) is 0 Å². The third-order valence-electron chi connectivity index (χ3n) is 3.41. The summed E-state index contributed by atoms with van der Waals surface area (Å²) < 4.78 is 0. The summed E-state index contributed by atoms with van der Waals surface area (Å²) in [5.74, 6) is 0. The Hall–Kier alpha value is 0.430. The van der Waals surface area contributed by atoms with Gasteiger partial charge in [0.1, 0.15) is 0 Å². The van der Waals surface area contributed by atoms with E-state index in [9.17, 15) is 0 Å². The minimum Gasteiger partial charge on any atom is -0.122 e. The van der Waals surface area contributed by atoms with Crippen molar-refractivity contribution in [2.75, 3.05) is 12.3 Å². The first-order valence-electron chi connectivity index (χ1n) is 8.12. The summed E-state index contributed by atoms with van der Waals surface area (Å²) in [7, 11) is 1.26. The lowest BCUT2D eigenvalue weighted by atomic mass is 10.1. The van der Waals surface area contributed by atoms with E-state index in [2.05, 4.69) is 13.8 Å². The molecule has 0 aromatic rings. The maximum Gasteiger partial charge on any atom is -0.0353 e. The zero-order valence-corrected chi connectivity index (χ0v) is 13.4. The van der Waals surface area contributed by atoms with Gasteiger partial charge in [-0.1, -0.05) is 78.1 Å². The standard InChI is InChI=1S/C16H35P/c1-3-5-7-9-10-11-12-14-16-17-15-13-8-6-4-2/h17H,3-16H2,1-2H3. The van der Waals surface area contributed by atoms with E-state index in [0.29, 0.717) is 0 Å². The van der Waals surface area contributed by atoms with E-state index < -0.39 is 0 Å². The first-order chi connectivity index (χ1) is 8.41. The van der Waals surface area contributed by atoms with Crippen LogP contribution in [0.4, 0.5) is 0 Å². The smallest absolute Gasteiger partial charge is 0.0353 e. The predicted molar refractivity (Wildman–Crippen MR) is 84.8 cm³/mol. The van der Waals surface area contributed by atoms with Crippen LogP contribution in [0.3, 0.4) is 0 Å². The minimum atomic E-state index is 1.26. The number of hydrogen-bond acceptors (Lipinski definition) is 0. The molecule has 17 heavy (non-hydrogen) atoms. The maximum atomic E-state index is 2.29. The van der Waals surface area contributed by atoms with Crippen molar-refractivity contribution < 1.29 is 0 Å². The van der Waals surface area contributed by atoms with Crippen LogP contribution in [0.1, 0.15) is 90.9 Å². The van der Waals surface area contributed by atoms with Crippen molar-refractivity contribution in [3.05, 3.63) is 0 Å². The SMILES string of the molecule is CCCCCCCCCCPCCCCCC. The molecule has 0 fully saturated rings. The van der Waals surface area contributed by atoms with E-state index in [1.807, 2.05) is 0 Å². The van der Waals surface area contributed by atoms with Crippen LogP contribution < -0.4 is 0 Å². The molecule has 0 rings (SSSR count). The van der Waals surface area contributed by atoms with Gasteiger partial charge in [-0.05, 0) is 25.2 Å². The van der Waals surface area contributed by atoms with E-state index in [-0.39, 0.29) is 0 Å². The van der Waals surface area contributed by atoms with E-state index >= 15 is 0 Å². The van der Waals surface area contributed by atoms with Crippen LogP contribution in [0, 0.1) is 0 Å². The first-order valence-corrected chi connectivity index (χ1v) is 9.54. The summed E-state index contributed by atoms with van der Waals surface area (Å²) in [6.07, 6.45) is 20.5. The molecule has 0 spiro atoms. The highest BCUT2D eigenvalue weighted by Crippen LogP contribution is 2.17. The van der Waals surface area contributed by atoms with Gasteiger partial charge in [-0.3, -0.25) is 0 Å². The van der Waals surface area contributed by atoms with Crippen molar-refractivity contribution in [3.63, 3.8) is 0 Å². The molecule has 104 valence electrons. The lowest BCUT2D eigenvalue weighted by molar-refractivity contribution is 0.586. The fourth-order valence-electron chi connectivity index (χ4n) is 2.19. The van der Waals surface area contributed by atoms with Crippen LogP contribution in [-0.2, 0) is 0 Å². The maximum absolute atomic E-state index is 2.29. The predicted octanol–water partition coefficient (Wildman–Crippen LogP) is 6.39. The molecule has 1 heteroatoms. The molecule has 0 radical (unpaired) electrons. The average Bonchev–Trinajstić information content (AvgIpc) is 2.35. The van der Waals surface area contributed by atoms with Crippen molar-refractivity contribution >= 4 is 8.58 Å². The molecule has 0 aliphatic heterocycles. The van der Waals surface area contributed by atoms with E-state index in [1.165, 1.54) is 98.0 Å². The summed E-state index contributed by atoms with van der Waals surface area (Å²) in [5, 5.41) is 0. The molecule has 1 atom stereocenters. The van der Waals surface area contributed by atoms with Crippen molar-refractivity contribution in [2.45, 2.75) is 90.9 Å². The molecule has 0 saturated heterocycles. The number of unbranched alkanes of at least 4 members (excludes halogenated alkanes) is 10. The number of rotatable bonds is 14. The lowest BCUT2D eigenvalue weighted by Gasteiger charge is -2.03. The van der Waals surface area contributed by atoms with Gasteiger partial charge in [0.05, 0.1) is 0 Å². The van der Waals surface area contributed by atoms with Crippen molar-refractivity contribution in [2.24, 2.45) is 0 Å². The molecule has 0 aromatic heterocycles. The van der Waals surface area contributed by atoms with Crippen LogP contribution in [0.5, 0.6) is 0 Å². The lowest BCUT2D eigenvalue weighted by Crippen LogP contribution is -1.84. The van der Waals surface area contributed by atoms with Gasteiger partial charge >= 0.3 is 0 Å². The van der Waals surface area contributed by atoms with Gasteiger partial charge < -0.3 is 0 Å². The first kappa shape index (κ1) is 17.4. The van der Waals surface area contributed by atoms with Crippen LogP contribution in [-0.4, -0.2) is 12.3 Å². The van der Waals surface area contributed by atoms with Crippen LogP contribution >= 0.6 is 8.58 Å². The van der Waals surface area contributed by atoms with E-state index in [0.717, 1.165) is 0 Å². The monoisotopic (exact) mass is 258 g/mol. The zero-order valence-electron chi connectivity index (χ0n) is 12.4. The summed E-state index contributed by atoms with van der Waals surface area (Å²) in [4.78, 5) is 0. The molecule has 0 heterocycles. The Balaban J connectivity index is 2.85. The topological polar surface area (TPSA) is 0 Å². The van der Waals surface area contributed by atoms with E-state index in [4.69, 9.17) is 0 Å². The molecular weight excluding hydrogens is 223 g/mol. The molecule has 0 amide bonds. The summed E-state index contributed by atoms with van der Waals surface area (Å²) >= 11 is 0. The van der Waals surface area contributed by atoms with Gasteiger partial charge in [0.2, 0.25) is 0 Å². The highest BCUT2D eigenvalue weighted by Gasteiger charge is 1.93. The summed E-state index contributed by atoms with van der Waals surface area (Å²) in [5.41, 5.74) is 0. The molecule has 1 unspecified atom stereocenters. The Labute approximate surface area is 112 Å². The third-order valence-corrected chi connectivity index (χ3v) is 4.83. The highest BCUT2D eigenvalue weighted by atomic mass is 31.1. The highest BCUT2D eigenvalue weighted by molar-refractivity contribution is 7.37. The molecule has 0 saturated carbocycles. The largest absolute Gasteiger partial charge is 0.122 e. The number of hydrogen-bond donors (Lipinski definition) is 0. The Morgan fingerprint density at radius 3 is 1.29 bits per heavy atom. The van der Waals surface area contributed by atoms with Crippen molar-refractivity contribution in [1.29, 1.82) is 0 Å². The Bertz CT molecular complexity index is 109. The van der Waals surface area contributed by atoms with Crippen LogP contribution in [0.2, 0.25) is 0 Å². The molecule has 0 bridgehead atoms. The summed E-state index contributed by atoms with van der Waals surface area (Å²) in [6.45, 7) is 4.59.